The van der Waals surface area contributed by atoms with Gasteiger partial charge in [0.2, 0.25) is 0 Å². The van der Waals surface area contributed by atoms with Crippen LogP contribution in [-0.2, 0) is 6.18 Å². The van der Waals surface area contributed by atoms with Crippen LogP contribution in [0.3, 0.4) is 0 Å². The second-order valence-corrected chi connectivity index (χ2v) is 2.96. The van der Waals surface area contributed by atoms with E-state index in [0.717, 1.165) is 0 Å². The summed E-state index contributed by atoms with van der Waals surface area (Å²) in [5.74, 6) is -2.08. The van der Waals surface area contributed by atoms with Crippen LogP contribution in [0.5, 0.6) is 0 Å². The number of rotatable bonds is 2. The normalized spacial score (nSPS) is 11.9. The zero-order valence-electron chi connectivity index (χ0n) is 7.92. The Morgan fingerprint density at radius 2 is 1.94 bits per heavy atom. The fourth-order valence-corrected chi connectivity index (χ4v) is 1.15. The van der Waals surface area contributed by atoms with Crippen molar-refractivity contribution >= 4 is 11.7 Å². The molecule has 0 saturated carbocycles. The predicted molar refractivity (Wildman–Crippen MR) is 45.6 cm³/mol. The molecular weight excluding hydrogens is 251 g/mol. The molecule has 1 aromatic rings. The lowest BCUT2D eigenvalue weighted by molar-refractivity contribution is -0.137. The minimum absolute atomic E-state index is 0.305. The third kappa shape index (κ3) is 2.60. The van der Waals surface area contributed by atoms with Crippen molar-refractivity contribution in [3.05, 3.63) is 23.0 Å². The standard InChI is InChI=1S/C8H5F5N2O2/c9-6(10)3-1-2(14)4(8(11,12)13)5(15-3)7(16)17/h1,6H,(H2,14,15)(H,16,17). The number of hydrogen-bond acceptors (Lipinski definition) is 3. The SMILES string of the molecule is Nc1cc(C(F)F)nc(C(=O)O)c1C(F)(F)F. The Kier molecular flexibility index (Phi) is 3.21. The first-order chi connectivity index (χ1) is 7.64. The molecular formula is C8H5F5N2O2. The first-order valence-corrected chi connectivity index (χ1v) is 4.03. The lowest BCUT2D eigenvalue weighted by Gasteiger charge is -2.13. The molecule has 0 aromatic carbocycles. The number of alkyl halides is 5. The third-order valence-electron chi connectivity index (χ3n) is 1.78. The van der Waals surface area contributed by atoms with E-state index in [4.69, 9.17) is 10.8 Å². The molecule has 0 fully saturated rings. The molecule has 1 heterocycles. The summed E-state index contributed by atoms with van der Waals surface area (Å²) in [5.41, 5.74) is -0.549. The number of carbonyl (C=O) groups is 1. The summed E-state index contributed by atoms with van der Waals surface area (Å²) >= 11 is 0. The van der Waals surface area contributed by atoms with E-state index in [-0.39, 0.29) is 0 Å². The molecule has 0 spiro atoms. The highest BCUT2D eigenvalue weighted by Crippen LogP contribution is 2.37. The van der Waals surface area contributed by atoms with E-state index in [1.807, 2.05) is 0 Å². The number of hydrogen-bond donors (Lipinski definition) is 2. The average molecular weight is 256 g/mol. The summed E-state index contributed by atoms with van der Waals surface area (Å²) in [4.78, 5) is 13.3. The molecule has 17 heavy (non-hydrogen) atoms. The van der Waals surface area contributed by atoms with E-state index in [1.165, 1.54) is 0 Å². The molecule has 4 nitrogen and oxygen atoms in total. The molecule has 94 valence electrons. The van der Waals surface area contributed by atoms with Gasteiger partial charge in [-0.25, -0.2) is 18.6 Å². The summed E-state index contributed by atoms with van der Waals surface area (Å²) in [7, 11) is 0. The zero-order valence-corrected chi connectivity index (χ0v) is 7.92. The number of aromatic nitrogens is 1. The minimum atomic E-state index is -5.08. The van der Waals surface area contributed by atoms with Gasteiger partial charge in [0, 0.05) is 5.69 Å². The maximum Gasteiger partial charge on any atom is 0.420 e. The van der Waals surface area contributed by atoms with Crippen LogP contribution in [0.2, 0.25) is 0 Å². The third-order valence-corrected chi connectivity index (χ3v) is 1.78. The highest BCUT2D eigenvalue weighted by atomic mass is 19.4. The summed E-state index contributed by atoms with van der Waals surface area (Å²) in [5, 5.41) is 8.50. The number of nitrogen functional groups attached to an aromatic ring is 1. The summed E-state index contributed by atoms with van der Waals surface area (Å²) < 4.78 is 61.7. The second-order valence-electron chi connectivity index (χ2n) is 2.96. The Morgan fingerprint density at radius 3 is 2.29 bits per heavy atom. The highest BCUT2D eigenvalue weighted by molar-refractivity contribution is 5.89. The fourth-order valence-electron chi connectivity index (χ4n) is 1.15. The molecule has 3 N–H and O–H groups in total. The van der Waals surface area contributed by atoms with Gasteiger partial charge >= 0.3 is 12.1 Å². The van der Waals surface area contributed by atoms with E-state index in [0.29, 0.717) is 6.07 Å². The molecule has 0 unspecified atom stereocenters. The maximum atomic E-state index is 12.4. The molecule has 0 aliphatic carbocycles. The van der Waals surface area contributed by atoms with Crippen LogP contribution in [0.15, 0.2) is 6.07 Å². The van der Waals surface area contributed by atoms with Crippen LogP contribution < -0.4 is 5.73 Å². The van der Waals surface area contributed by atoms with Gasteiger partial charge in [-0.2, -0.15) is 13.2 Å². The molecule has 0 radical (unpaired) electrons. The van der Waals surface area contributed by atoms with Crippen molar-refractivity contribution in [2.24, 2.45) is 0 Å². The van der Waals surface area contributed by atoms with E-state index in [9.17, 15) is 26.7 Å². The lowest BCUT2D eigenvalue weighted by Crippen LogP contribution is -2.18. The quantitative estimate of drug-likeness (QED) is 0.796. The van der Waals surface area contributed by atoms with Gasteiger partial charge in [0.1, 0.15) is 11.3 Å². The van der Waals surface area contributed by atoms with Gasteiger partial charge in [0.05, 0.1) is 0 Å². The number of nitrogens with two attached hydrogens (primary N) is 1. The minimum Gasteiger partial charge on any atom is -0.476 e. The monoisotopic (exact) mass is 256 g/mol. The molecule has 0 aliphatic rings. The summed E-state index contributed by atoms with van der Waals surface area (Å²) in [6.45, 7) is 0. The number of carboxylic acids is 1. The van der Waals surface area contributed by atoms with Gasteiger partial charge < -0.3 is 10.8 Å². The molecule has 0 bridgehead atoms. The zero-order chi connectivity index (χ0) is 13.4. The van der Waals surface area contributed by atoms with Crippen LogP contribution in [0.1, 0.15) is 28.2 Å². The number of aromatic carboxylic acids is 1. The van der Waals surface area contributed by atoms with Crippen LogP contribution >= 0.6 is 0 Å². The molecule has 0 atom stereocenters. The van der Waals surface area contributed by atoms with Crippen molar-refractivity contribution in [2.45, 2.75) is 12.6 Å². The molecule has 0 aliphatic heterocycles. The van der Waals surface area contributed by atoms with Crippen molar-refractivity contribution in [2.75, 3.05) is 5.73 Å². The van der Waals surface area contributed by atoms with Crippen molar-refractivity contribution in [3.8, 4) is 0 Å². The number of pyridine rings is 1. The van der Waals surface area contributed by atoms with Crippen LogP contribution in [0.25, 0.3) is 0 Å². The fraction of sp³-hybridized carbons (Fsp3) is 0.250. The van der Waals surface area contributed by atoms with Crippen LogP contribution in [0.4, 0.5) is 27.6 Å². The molecule has 0 saturated heterocycles. The maximum absolute atomic E-state index is 12.4. The molecule has 9 heteroatoms. The molecule has 1 rings (SSSR count). The Labute approximate surface area is 90.9 Å². The first-order valence-electron chi connectivity index (χ1n) is 4.03. The predicted octanol–water partition coefficient (Wildman–Crippen LogP) is 2.32. The van der Waals surface area contributed by atoms with Gasteiger partial charge in [-0.1, -0.05) is 0 Å². The van der Waals surface area contributed by atoms with Crippen molar-refractivity contribution in [3.63, 3.8) is 0 Å². The van der Waals surface area contributed by atoms with Gasteiger partial charge in [0.25, 0.3) is 6.43 Å². The van der Waals surface area contributed by atoms with Gasteiger partial charge in [-0.05, 0) is 6.07 Å². The largest absolute Gasteiger partial charge is 0.476 e. The Morgan fingerprint density at radius 1 is 1.41 bits per heavy atom. The van der Waals surface area contributed by atoms with Crippen molar-refractivity contribution < 1.29 is 31.9 Å². The Bertz CT molecular complexity index is 458. The summed E-state index contributed by atoms with van der Waals surface area (Å²) in [6.07, 6.45) is -8.29. The smallest absolute Gasteiger partial charge is 0.420 e. The van der Waals surface area contributed by atoms with E-state index >= 15 is 0 Å². The summed E-state index contributed by atoms with van der Waals surface area (Å²) in [6, 6.07) is 0.305. The first kappa shape index (κ1) is 13.1. The van der Waals surface area contributed by atoms with Gasteiger partial charge in [-0.15, -0.1) is 0 Å². The van der Waals surface area contributed by atoms with Crippen molar-refractivity contribution in [1.82, 2.24) is 4.98 Å². The molecule has 0 amide bonds. The van der Waals surface area contributed by atoms with Crippen LogP contribution in [0, 0.1) is 0 Å². The van der Waals surface area contributed by atoms with Crippen LogP contribution in [-0.4, -0.2) is 16.1 Å². The number of carboxylic acid groups (broad SMARTS) is 1. The average Bonchev–Trinajstić information content (AvgIpc) is 2.13. The van der Waals surface area contributed by atoms with E-state index in [2.05, 4.69) is 4.98 Å². The van der Waals surface area contributed by atoms with Crippen molar-refractivity contribution in [1.29, 1.82) is 0 Å². The van der Waals surface area contributed by atoms with Gasteiger partial charge in [-0.3, -0.25) is 0 Å². The Hall–Kier alpha value is -1.93. The lowest BCUT2D eigenvalue weighted by atomic mass is 10.1. The second kappa shape index (κ2) is 4.15. The molecule has 1 aromatic heterocycles. The number of anilines is 1. The van der Waals surface area contributed by atoms with Gasteiger partial charge in [0.15, 0.2) is 5.69 Å². The topological polar surface area (TPSA) is 76.2 Å². The van der Waals surface area contributed by atoms with E-state index < -0.39 is 41.2 Å². The number of nitrogens with zero attached hydrogens (tertiary/aromatic N) is 1. The highest BCUT2D eigenvalue weighted by Gasteiger charge is 2.39. The Balaban J connectivity index is 3.56. The number of halogens is 5. The van der Waals surface area contributed by atoms with E-state index in [1.54, 1.807) is 0 Å².